The summed E-state index contributed by atoms with van der Waals surface area (Å²) in [6, 6.07) is 11.5. The number of benzene rings is 2. The number of carbonyl (C=O) groups excluding carboxylic acids is 3. The van der Waals surface area contributed by atoms with Crippen molar-refractivity contribution >= 4 is 27.6 Å². The first-order valence-corrected chi connectivity index (χ1v) is 9.86. The minimum Gasteiger partial charge on any atom is -0.545 e. The van der Waals surface area contributed by atoms with E-state index in [0.717, 1.165) is 35.2 Å². The number of fused-ring (bicyclic) bond motifs is 1. The average molecular weight is 410 g/mol. The lowest BCUT2D eigenvalue weighted by atomic mass is 10.1. The van der Waals surface area contributed by atoms with E-state index in [0.29, 0.717) is 5.76 Å². The Balaban J connectivity index is 1.69. The topological polar surface area (TPSA) is 125 Å². The van der Waals surface area contributed by atoms with Crippen molar-refractivity contribution in [1.29, 1.82) is 0 Å². The van der Waals surface area contributed by atoms with Crippen LogP contribution < -0.4 is 5.11 Å². The van der Waals surface area contributed by atoms with Gasteiger partial charge in [-0.3, -0.25) is 14.5 Å². The number of imide groups is 1. The Morgan fingerprint density at radius 3 is 2.21 bits per heavy atom. The van der Waals surface area contributed by atoms with Gasteiger partial charge in [0.05, 0.1) is 39.7 Å². The van der Waals surface area contributed by atoms with Crippen molar-refractivity contribution < 1.29 is 32.3 Å². The van der Waals surface area contributed by atoms with Crippen LogP contribution in [-0.4, -0.2) is 31.1 Å². The van der Waals surface area contributed by atoms with Crippen LogP contribution >= 0.6 is 0 Å². The highest BCUT2D eigenvalue weighted by atomic mass is 32.2. The molecule has 8 nitrogen and oxygen atoms in total. The predicted molar refractivity (Wildman–Crippen MR) is 95.6 cm³/mol. The van der Waals surface area contributed by atoms with Crippen molar-refractivity contribution in [3.8, 4) is 0 Å². The summed E-state index contributed by atoms with van der Waals surface area (Å²) in [4.78, 5) is 36.7. The third kappa shape index (κ3) is 3.11. The quantitative estimate of drug-likeness (QED) is 0.580. The summed E-state index contributed by atoms with van der Waals surface area (Å²) >= 11 is 0. The van der Waals surface area contributed by atoms with Gasteiger partial charge in [0.15, 0.2) is 0 Å². The van der Waals surface area contributed by atoms with Crippen molar-refractivity contribution in [2.24, 2.45) is 0 Å². The fourth-order valence-corrected chi connectivity index (χ4v) is 4.33. The molecule has 0 atom stereocenters. The van der Waals surface area contributed by atoms with Gasteiger partial charge in [-0.15, -0.1) is 0 Å². The lowest BCUT2D eigenvalue weighted by Crippen LogP contribution is -2.28. The van der Waals surface area contributed by atoms with E-state index in [1.54, 1.807) is 12.1 Å². The van der Waals surface area contributed by atoms with E-state index < -0.39 is 27.6 Å². The molecule has 0 N–H and O–H groups in total. The van der Waals surface area contributed by atoms with Gasteiger partial charge in [0.25, 0.3) is 11.8 Å². The number of aromatic carboxylic acids is 1. The number of amides is 2. The Hall–Kier alpha value is -3.72. The van der Waals surface area contributed by atoms with E-state index in [2.05, 4.69) is 0 Å². The lowest BCUT2D eigenvalue weighted by Gasteiger charge is -2.11. The number of sulfone groups is 1. The maximum Gasteiger partial charge on any atom is 0.262 e. The van der Waals surface area contributed by atoms with Crippen LogP contribution in [0.2, 0.25) is 0 Å². The molecule has 2 aromatic carbocycles. The molecule has 1 aliphatic rings. The van der Waals surface area contributed by atoms with E-state index in [-0.39, 0.29) is 33.0 Å². The first-order valence-electron chi connectivity index (χ1n) is 8.38. The normalized spacial score (nSPS) is 13.6. The molecule has 0 unspecified atom stereocenters. The number of rotatable bonds is 5. The first kappa shape index (κ1) is 18.6. The fraction of sp³-hybridized carbons (Fsp3) is 0.0500. The van der Waals surface area contributed by atoms with Crippen LogP contribution in [0.4, 0.5) is 0 Å². The molecule has 0 saturated carbocycles. The average Bonchev–Trinajstić information content (AvgIpc) is 3.31. The van der Waals surface area contributed by atoms with Crippen molar-refractivity contribution in [3.63, 3.8) is 0 Å². The van der Waals surface area contributed by atoms with Gasteiger partial charge in [-0.2, -0.15) is 0 Å². The van der Waals surface area contributed by atoms with Gasteiger partial charge < -0.3 is 14.3 Å². The molecule has 0 bridgehead atoms. The first-order chi connectivity index (χ1) is 13.8. The van der Waals surface area contributed by atoms with Crippen LogP contribution in [0.5, 0.6) is 0 Å². The summed E-state index contributed by atoms with van der Waals surface area (Å²) in [6.45, 7) is -0.0634. The zero-order valence-electron chi connectivity index (χ0n) is 14.7. The van der Waals surface area contributed by atoms with Gasteiger partial charge in [0.2, 0.25) is 9.84 Å². The second-order valence-electron chi connectivity index (χ2n) is 6.30. The van der Waals surface area contributed by atoms with Gasteiger partial charge in [0.1, 0.15) is 5.76 Å². The maximum absolute atomic E-state index is 12.9. The molecule has 9 heteroatoms. The second kappa shape index (κ2) is 6.71. The summed E-state index contributed by atoms with van der Waals surface area (Å²) in [5, 5.41) is 10.8. The van der Waals surface area contributed by atoms with Gasteiger partial charge in [0, 0.05) is 0 Å². The Bertz CT molecular complexity index is 1240. The highest BCUT2D eigenvalue weighted by Crippen LogP contribution is 2.29. The summed E-state index contributed by atoms with van der Waals surface area (Å²) in [7, 11) is -4.03. The van der Waals surface area contributed by atoms with Crippen molar-refractivity contribution in [2.75, 3.05) is 0 Å². The molecule has 0 spiro atoms. The van der Waals surface area contributed by atoms with Crippen LogP contribution in [0, 0.1) is 0 Å². The zero-order chi connectivity index (χ0) is 20.8. The number of furan rings is 1. The highest BCUT2D eigenvalue weighted by molar-refractivity contribution is 7.91. The molecule has 0 saturated heterocycles. The predicted octanol–water partition coefficient (Wildman–Crippen LogP) is 1.27. The number of hydrogen-bond donors (Lipinski definition) is 0. The Labute approximate surface area is 164 Å². The van der Waals surface area contributed by atoms with E-state index in [4.69, 9.17) is 4.42 Å². The molecule has 4 rings (SSSR count). The standard InChI is InChI=1S/C20H13NO7S/c22-18-16-8-7-15(29(26,27)14-5-3-12(4-6-14)20(24)25)10-17(16)19(23)21(18)11-13-2-1-9-28-13/h1-10H,11H2,(H,24,25)/p-1. The molecule has 1 aromatic heterocycles. The van der Waals surface area contributed by atoms with E-state index in [1.807, 2.05) is 0 Å². The van der Waals surface area contributed by atoms with Crippen LogP contribution in [0.15, 0.2) is 75.1 Å². The summed E-state index contributed by atoms with van der Waals surface area (Å²) in [6.07, 6.45) is 1.42. The molecule has 0 aliphatic carbocycles. The van der Waals surface area contributed by atoms with Gasteiger partial charge in [-0.1, -0.05) is 12.1 Å². The monoisotopic (exact) mass is 410 g/mol. The van der Waals surface area contributed by atoms with Crippen molar-refractivity contribution in [1.82, 2.24) is 4.90 Å². The van der Waals surface area contributed by atoms with Crippen LogP contribution in [0.1, 0.15) is 36.8 Å². The van der Waals surface area contributed by atoms with Crippen molar-refractivity contribution in [2.45, 2.75) is 16.3 Å². The third-order valence-electron chi connectivity index (χ3n) is 4.55. The molecule has 29 heavy (non-hydrogen) atoms. The Morgan fingerprint density at radius 1 is 0.931 bits per heavy atom. The van der Waals surface area contributed by atoms with Crippen LogP contribution in [-0.2, 0) is 16.4 Å². The molecular weight excluding hydrogens is 398 g/mol. The smallest absolute Gasteiger partial charge is 0.262 e. The minimum absolute atomic E-state index is 0.0195. The highest BCUT2D eigenvalue weighted by Gasteiger charge is 2.37. The number of carbonyl (C=O) groups is 3. The molecule has 2 heterocycles. The molecule has 0 fully saturated rings. The second-order valence-corrected chi connectivity index (χ2v) is 8.25. The summed E-state index contributed by atoms with van der Waals surface area (Å²) in [5.74, 6) is -2.16. The minimum atomic E-state index is -4.03. The number of carboxylic acid groups (broad SMARTS) is 1. The van der Waals surface area contributed by atoms with Gasteiger partial charge in [-0.05, 0) is 48.0 Å². The van der Waals surface area contributed by atoms with Crippen LogP contribution in [0.3, 0.4) is 0 Å². The third-order valence-corrected chi connectivity index (χ3v) is 6.31. The van der Waals surface area contributed by atoms with Crippen molar-refractivity contribution in [3.05, 3.63) is 83.3 Å². The fourth-order valence-electron chi connectivity index (χ4n) is 3.05. The molecule has 3 aromatic rings. The van der Waals surface area contributed by atoms with E-state index in [1.165, 1.54) is 18.4 Å². The molecule has 1 aliphatic heterocycles. The van der Waals surface area contributed by atoms with Gasteiger partial charge in [-0.25, -0.2) is 8.42 Å². The maximum atomic E-state index is 12.9. The number of nitrogens with zero attached hydrogens (tertiary/aromatic N) is 1. The molecule has 0 radical (unpaired) electrons. The summed E-state index contributed by atoms with van der Waals surface area (Å²) in [5.41, 5.74) is -0.0750. The van der Waals surface area contributed by atoms with Crippen LogP contribution in [0.25, 0.3) is 0 Å². The van der Waals surface area contributed by atoms with Gasteiger partial charge >= 0.3 is 0 Å². The van der Waals surface area contributed by atoms with E-state index >= 15 is 0 Å². The lowest BCUT2D eigenvalue weighted by molar-refractivity contribution is -0.255. The molecule has 146 valence electrons. The SMILES string of the molecule is O=C([O-])c1ccc(S(=O)(=O)c2ccc3c(c2)C(=O)N(Cc2ccco2)C3=O)cc1. The largest absolute Gasteiger partial charge is 0.545 e. The summed E-state index contributed by atoms with van der Waals surface area (Å²) < 4.78 is 30.9. The number of carboxylic acids is 1. The number of hydrogen-bond acceptors (Lipinski definition) is 7. The zero-order valence-corrected chi connectivity index (χ0v) is 15.5. The Kier molecular flexibility index (Phi) is 4.31. The Morgan fingerprint density at radius 2 is 1.59 bits per heavy atom. The molecule has 2 amide bonds. The van der Waals surface area contributed by atoms with E-state index in [9.17, 15) is 27.9 Å². The molecular formula is C20H12NO7S-.